The van der Waals surface area contributed by atoms with Crippen molar-refractivity contribution < 1.29 is 4.74 Å². The molecular formula is C10H15N3O. The third-order valence-electron chi connectivity index (χ3n) is 2.39. The Balaban J connectivity index is 1.97. The summed E-state index contributed by atoms with van der Waals surface area (Å²) < 4.78 is 5.29. The minimum atomic E-state index is 0.597. The molecule has 1 aromatic rings. The molecule has 1 aromatic heterocycles. The normalized spacial score (nSPS) is 16.1. The van der Waals surface area contributed by atoms with Crippen molar-refractivity contribution in [2.24, 2.45) is 0 Å². The van der Waals surface area contributed by atoms with Gasteiger partial charge in [0.2, 0.25) is 5.88 Å². The van der Waals surface area contributed by atoms with Crippen molar-refractivity contribution in [1.29, 1.82) is 0 Å². The maximum absolute atomic E-state index is 5.29. The topological polar surface area (TPSA) is 47.0 Å². The van der Waals surface area contributed by atoms with Gasteiger partial charge >= 0.3 is 0 Å². The number of rotatable bonds is 4. The SMILES string of the molecule is CCOc1cc(NC2CCC2)ncn1. The summed E-state index contributed by atoms with van der Waals surface area (Å²) in [4.78, 5) is 8.15. The quantitative estimate of drug-likeness (QED) is 0.792. The minimum absolute atomic E-state index is 0.597. The van der Waals surface area contributed by atoms with Gasteiger partial charge in [-0.25, -0.2) is 9.97 Å². The zero-order valence-electron chi connectivity index (χ0n) is 8.36. The zero-order valence-corrected chi connectivity index (χ0v) is 8.36. The van der Waals surface area contributed by atoms with E-state index in [2.05, 4.69) is 15.3 Å². The molecule has 0 amide bonds. The maximum Gasteiger partial charge on any atom is 0.218 e. The number of nitrogens with zero attached hydrogens (tertiary/aromatic N) is 2. The van der Waals surface area contributed by atoms with Crippen LogP contribution < -0.4 is 10.1 Å². The fourth-order valence-corrected chi connectivity index (χ4v) is 1.41. The number of ether oxygens (including phenoxy) is 1. The van der Waals surface area contributed by atoms with Crippen molar-refractivity contribution in [1.82, 2.24) is 9.97 Å². The highest BCUT2D eigenvalue weighted by atomic mass is 16.5. The minimum Gasteiger partial charge on any atom is -0.478 e. The largest absolute Gasteiger partial charge is 0.478 e. The number of aromatic nitrogens is 2. The molecule has 0 atom stereocenters. The molecule has 14 heavy (non-hydrogen) atoms. The number of nitrogens with one attached hydrogen (secondary N) is 1. The van der Waals surface area contributed by atoms with E-state index < -0.39 is 0 Å². The van der Waals surface area contributed by atoms with Crippen molar-refractivity contribution in [2.45, 2.75) is 32.2 Å². The summed E-state index contributed by atoms with van der Waals surface area (Å²) in [7, 11) is 0. The third kappa shape index (κ3) is 2.13. The second kappa shape index (κ2) is 4.26. The van der Waals surface area contributed by atoms with Gasteiger partial charge in [-0.05, 0) is 26.2 Å². The first-order valence-electron chi connectivity index (χ1n) is 5.10. The van der Waals surface area contributed by atoms with E-state index in [9.17, 15) is 0 Å². The molecule has 2 rings (SSSR count). The van der Waals surface area contributed by atoms with Gasteiger partial charge in [0.05, 0.1) is 6.61 Å². The zero-order chi connectivity index (χ0) is 9.80. The van der Waals surface area contributed by atoms with Gasteiger partial charge in [-0.1, -0.05) is 0 Å². The molecule has 0 aliphatic heterocycles. The van der Waals surface area contributed by atoms with Gasteiger partial charge in [0, 0.05) is 12.1 Å². The van der Waals surface area contributed by atoms with E-state index in [0.29, 0.717) is 18.5 Å². The van der Waals surface area contributed by atoms with E-state index in [1.165, 1.54) is 25.6 Å². The first-order valence-corrected chi connectivity index (χ1v) is 5.10. The lowest BCUT2D eigenvalue weighted by Crippen LogP contribution is -2.27. The van der Waals surface area contributed by atoms with Crippen LogP contribution in [0.3, 0.4) is 0 Å². The van der Waals surface area contributed by atoms with Crippen LogP contribution in [0.2, 0.25) is 0 Å². The Kier molecular flexibility index (Phi) is 2.81. The molecule has 4 nitrogen and oxygen atoms in total. The van der Waals surface area contributed by atoms with Gasteiger partial charge in [-0.2, -0.15) is 0 Å². The van der Waals surface area contributed by atoms with Crippen LogP contribution >= 0.6 is 0 Å². The summed E-state index contributed by atoms with van der Waals surface area (Å²) in [5, 5.41) is 3.35. The van der Waals surface area contributed by atoms with Crippen LogP contribution in [0.25, 0.3) is 0 Å². The molecule has 76 valence electrons. The van der Waals surface area contributed by atoms with Crippen LogP contribution in [0.1, 0.15) is 26.2 Å². The van der Waals surface area contributed by atoms with Crippen LogP contribution in [0.4, 0.5) is 5.82 Å². The van der Waals surface area contributed by atoms with E-state index in [1.54, 1.807) is 0 Å². The highest BCUT2D eigenvalue weighted by Crippen LogP contribution is 2.22. The molecule has 4 heteroatoms. The number of hydrogen-bond acceptors (Lipinski definition) is 4. The first-order chi connectivity index (χ1) is 6.88. The second-order valence-corrected chi connectivity index (χ2v) is 3.45. The molecule has 0 aromatic carbocycles. The molecule has 0 radical (unpaired) electrons. The average molecular weight is 193 g/mol. The standard InChI is InChI=1S/C10H15N3O/c1-2-14-10-6-9(11-7-12-10)13-8-4-3-5-8/h6-8H,2-5H2,1H3,(H,11,12,13). The van der Waals surface area contributed by atoms with E-state index in [0.717, 1.165) is 5.82 Å². The molecule has 0 spiro atoms. The Bertz CT molecular complexity index is 299. The molecule has 1 saturated carbocycles. The fourth-order valence-electron chi connectivity index (χ4n) is 1.41. The Hall–Kier alpha value is -1.32. The predicted molar refractivity (Wildman–Crippen MR) is 54.5 cm³/mol. The summed E-state index contributed by atoms with van der Waals surface area (Å²) in [5.41, 5.74) is 0. The maximum atomic E-state index is 5.29. The Morgan fingerprint density at radius 1 is 1.50 bits per heavy atom. The molecule has 1 heterocycles. The summed E-state index contributed by atoms with van der Waals surface area (Å²) in [6.07, 6.45) is 5.34. The van der Waals surface area contributed by atoms with Crippen molar-refractivity contribution in [3.05, 3.63) is 12.4 Å². The lowest BCUT2D eigenvalue weighted by atomic mass is 9.93. The van der Waals surface area contributed by atoms with Gasteiger partial charge in [-0.15, -0.1) is 0 Å². The first kappa shape index (κ1) is 9.24. The van der Waals surface area contributed by atoms with Crippen molar-refractivity contribution in [3.63, 3.8) is 0 Å². The lowest BCUT2D eigenvalue weighted by molar-refractivity contribution is 0.326. The summed E-state index contributed by atoms with van der Waals surface area (Å²) in [5.74, 6) is 1.51. The van der Waals surface area contributed by atoms with Gasteiger partial charge in [-0.3, -0.25) is 0 Å². The van der Waals surface area contributed by atoms with E-state index in [4.69, 9.17) is 4.74 Å². The Morgan fingerprint density at radius 2 is 2.36 bits per heavy atom. The van der Waals surface area contributed by atoms with Crippen LogP contribution in [0.5, 0.6) is 5.88 Å². The summed E-state index contributed by atoms with van der Waals surface area (Å²) in [6.45, 7) is 2.58. The molecular weight excluding hydrogens is 178 g/mol. The van der Waals surface area contributed by atoms with Crippen LogP contribution in [0, 0.1) is 0 Å². The van der Waals surface area contributed by atoms with E-state index in [1.807, 2.05) is 13.0 Å². The molecule has 1 aliphatic carbocycles. The molecule has 0 unspecified atom stereocenters. The Morgan fingerprint density at radius 3 is 3.00 bits per heavy atom. The molecule has 1 aliphatic rings. The van der Waals surface area contributed by atoms with Gasteiger partial charge in [0.15, 0.2) is 0 Å². The van der Waals surface area contributed by atoms with E-state index in [-0.39, 0.29) is 0 Å². The monoisotopic (exact) mass is 193 g/mol. The fraction of sp³-hybridized carbons (Fsp3) is 0.600. The molecule has 1 fully saturated rings. The smallest absolute Gasteiger partial charge is 0.218 e. The second-order valence-electron chi connectivity index (χ2n) is 3.45. The molecule has 0 bridgehead atoms. The third-order valence-corrected chi connectivity index (χ3v) is 2.39. The van der Waals surface area contributed by atoms with Crippen molar-refractivity contribution >= 4 is 5.82 Å². The van der Waals surface area contributed by atoms with Gasteiger partial charge in [0.25, 0.3) is 0 Å². The van der Waals surface area contributed by atoms with Crippen molar-refractivity contribution in [2.75, 3.05) is 11.9 Å². The lowest BCUT2D eigenvalue weighted by Gasteiger charge is -2.26. The van der Waals surface area contributed by atoms with Crippen LogP contribution in [0.15, 0.2) is 12.4 Å². The van der Waals surface area contributed by atoms with Gasteiger partial charge in [0.1, 0.15) is 12.1 Å². The number of anilines is 1. The summed E-state index contributed by atoms with van der Waals surface area (Å²) in [6, 6.07) is 2.45. The number of hydrogen-bond donors (Lipinski definition) is 1. The predicted octanol–water partition coefficient (Wildman–Crippen LogP) is 1.84. The van der Waals surface area contributed by atoms with Crippen molar-refractivity contribution in [3.8, 4) is 5.88 Å². The summed E-state index contributed by atoms with van der Waals surface area (Å²) >= 11 is 0. The average Bonchev–Trinajstić information content (AvgIpc) is 2.13. The van der Waals surface area contributed by atoms with Crippen LogP contribution in [-0.4, -0.2) is 22.6 Å². The highest BCUT2D eigenvalue weighted by molar-refractivity contribution is 5.38. The Labute approximate surface area is 83.7 Å². The molecule has 0 saturated heterocycles. The van der Waals surface area contributed by atoms with Crippen LogP contribution in [-0.2, 0) is 0 Å². The molecule has 1 N–H and O–H groups in total. The van der Waals surface area contributed by atoms with Gasteiger partial charge < -0.3 is 10.1 Å². The highest BCUT2D eigenvalue weighted by Gasteiger charge is 2.17. The van der Waals surface area contributed by atoms with E-state index >= 15 is 0 Å².